The Kier molecular flexibility index (Phi) is 2.79. The molecule has 0 radical (unpaired) electrons. The van der Waals surface area contributed by atoms with Gasteiger partial charge in [0.1, 0.15) is 11.6 Å². The number of hydrogen-bond acceptors (Lipinski definition) is 3. The highest BCUT2D eigenvalue weighted by Gasteiger charge is 2.52. The standard InChI is InChI=1S/C16H18N2O3/c19-14-13-9-11-3-1-2-4-12(11)10-18(13)15(20)16(17-14)5-7-21-8-6-16/h1-4,13H,5-10H2,(H,17,19)/t13-/m1/s1. The Bertz CT molecular complexity index is 607. The first kappa shape index (κ1) is 12.8. The Morgan fingerprint density at radius 3 is 2.62 bits per heavy atom. The first-order chi connectivity index (χ1) is 10.2. The van der Waals surface area contributed by atoms with Crippen LogP contribution in [-0.2, 0) is 27.3 Å². The number of fused-ring (bicyclic) bond motifs is 2. The van der Waals surface area contributed by atoms with Gasteiger partial charge in [-0.1, -0.05) is 24.3 Å². The normalized spacial score (nSPS) is 27.0. The van der Waals surface area contributed by atoms with Gasteiger partial charge in [-0.3, -0.25) is 9.59 Å². The van der Waals surface area contributed by atoms with Crippen molar-refractivity contribution in [3.63, 3.8) is 0 Å². The van der Waals surface area contributed by atoms with Crippen molar-refractivity contribution in [3.8, 4) is 0 Å². The Labute approximate surface area is 123 Å². The zero-order valence-electron chi connectivity index (χ0n) is 11.8. The summed E-state index contributed by atoms with van der Waals surface area (Å²) in [4.78, 5) is 27.2. The molecule has 0 saturated carbocycles. The zero-order chi connectivity index (χ0) is 14.4. The second-order valence-corrected chi connectivity index (χ2v) is 6.11. The molecule has 0 aromatic heterocycles. The van der Waals surface area contributed by atoms with E-state index in [-0.39, 0.29) is 17.9 Å². The zero-order valence-corrected chi connectivity index (χ0v) is 11.8. The van der Waals surface area contributed by atoms with Gasteiger partial charge in [0, 0.05) is 39.0 Å². The fourth-order valence-electron chi connectivity index (χ4n) is 3.68. The number of nitrogens with zero attached hydrogens (tertiary/aromatic N) is 1. The van der Waals surface area contributed by atoms with E-state index in [0.717, 1.165) is 5.56 Å². The maximum Gasteiger partial charge on any atom is 0.249 e. The predicted molar refractivity (Wildman–Crippen MR) is 75.4 cm³/mol. The summed E-state index contributed by atoms with van der Waals surface area (Å²) in [6.07, 6.45) is 1.76. The van der Waals surface area contributed by atoms with Gasteiger partial charge < -0.3 is 15.0 Å². The van der Waals surface area contributed by atoms with E-state index in [4.69, 9.17) is 4.74 Å². The Morgan fingerprint density at radius 1 is 1.14 bits per heavy atom. The molecule has 2 amide bonds. The number of rotatable bonds is 0. The van der Waals surface area contributed by atoms with E-state index in [9.17, 15) is 9.59 Å². The molecule has 3 heterocycles. The maximum absolute atomic E-state index is 12.9. The van der Waals surface area contributed by atoms with Crippen LogP contribution in [0.3, 0.4) is 0 Å². The highest BCUT2D eigenvalue weighted by molar-refractivity contribution is 6.00. The van der Waals surface area contributed by atoms with Crippen LogP contribution in [0.5, 0.6) is 0 Å². The molecule has 5 heteroatoms. The second kappa shape index (κ2) is 4.56. The van der Waals surface area contributed by atoms with E-state index >= 15 is 0 Å². The van der Waals surface area contributed by atoms with Gasteiger partial charge in [0.15, 0.2) is 0 Å². The summed E-state index contributed by atoms with van der Waals surface area (Å²) >= 11 is 0. The number of carbonyl (C=O) groups excluding carboxylic acids is 2. The number of carbonyl (C=O) groups is 2. The lowest BCUT2D eigenvalue weighted by atomic mass is 9.82. The van der Waals surface area contributed by atoms with Crippen molar-refractivity contribution in [2.24, 2.45) is 0 Å². The number of hydrogen-bond donors (Lipinski definition) is 1. The van der Waals surface area contributed by atoms with Crippen LogP contribution in [-0.4, -0.2) is 41.5 Å². The molecule has 0 aliphatic carbocycles. The van der Waals surface area contributed by atoms with Gasteiger partial charge in [-0.2, -0.15) is 0 Å². The molecule has 1 N–H and O–H groups in total. The average Bonchev–Trinajstić information content (AvgIpc) is 2.52. The molecule has 2 saturated heterocycles. The highest BCUT2D eigenvalue weighted by atomic mass is 16.5. The third-order valence-electron chi connectivity index (χ3n) is 4.93. The van der Waals surface area contributed by atoms with Crippen LogP contribution in [0.25, 0.3) is 0 Å². The van der Waals surface area contributed by atoms with Crippen molar-refractivity contribution < 1.29 is 14.3 Å². The molecule has 3 aliphatic rings. The minimum Gasteiger partial charge on any atom is -0.381 e. The van der Waals surface area contributed by atoms with Gasteiger partial charge in [0.25, 0.3) is 0 Å². The molecule has 2 fully saturated rings. The molecule has 110 valence electrons. The smallest absolute Gasteiger partial charge is 0.249 e. The van der Waals surface area contributed by atoms with Crippen LogP contribution in [0, 0.1) is 0 Å². The average molecular weight is 286 g/mol. The second-order valence-electron chi connectivity index (χ2n) is 6.11. The van der Waals surface area contributed by atoms with Crippen LogP contribution in [0.2, 0.25) is 0 Å². The van der Waals surface area contributed by atoms with Gasteiger partial charge in [-0.15, -0.1) is 0 Å². The van der Waals surface area contributed by atoms with Crippen LogP contribution in [0.15, 0.2) is 24.3 Å². The van der Waals surface area contributed by atoms with Crippen molar-refractivity contribution >= 4 is 11.8 Å². The number of ether oxygens (including phenoxy) is 1. The fourth-order valence-corrected chi connectivity index (χ4v) is 3.68. The molecule has 5 nitrogen and oxygen atoms in total. The lowest BCUT2D eigenvalue weighted by Crippen LogP contribution is -2.72. The van der Waals surface area contributed by atoms with Gasteiger partial charge in [-0.05, 0) is 11.1 Å². The summed E-state index contributed by atoms with van der Waals surface area (Å²) in [5, 5.41) is 3.00. The minimum absolute atomic E-state index is 0.0222. The maximum atomic E-state index is 12.9. The molecule has 0 unspecified atom stereocenters. The van der Waals surface area contributed by atoms with Crippen molar-refractivity contribution in [1.29, 1.82) is 0 Å². The summed E-state index contributed by atoms with van der Waals surface area (Å²) in [7, 11) is 0. The van der Waals surface area contributed by atoms with E-state index in [0.29, 0.717) is 39.0 Å². The SMILES string of the molecule is O=C1NC2(CCOCC2)C(=O)N2Cc3ccccc3C[C@H]12. The van der Waals surface area contributed by atoms with Crippen LogP contribution < -0.4 is 5.32 Å². The van der Waals surface area contributed by atoms with E-state index in [1.54, 1.807) is 4.90 Å². The third-order valence-corrected chi connectivity index (χ3v) is 4.93. The van der Waals surface area contributed by atoms with Gasteiger partial charge in [0.2, 0.25) is 11.8 Å². The summed E-state index contributed by atoms with van der Waals surface area (Å²) < 4.78 is 5.35. The van der Waals surface area contributed by atoms with Crippen molar-refractivity contribution in [1.82, 2.24) is 10.2 Å². The predicted octanol–water partition coefficient (Wildman–Crippen LogP) is 0.619. The van der Waals surface area contributed by atoms with Crippen LogP contribution in [0.1, 0.15) is 24.0 Å². The molecule has 3 aliphatic heterocycles. The van der Waals surface area contributed by atoms with E-state index < -0.39 is 5.54 Å². The molecule has 1 aromatic carbocycles. The van der Waals surface area contributed by atoms with Crippen molar-refractivity contribution in [2.45, 2.75) is 37.4 Å². The molecular formula is C16H18N2O3. The lowest BCUT2D eigenvalue weighted by Gasteiger charge is -2.49. The largest absolute Gasteiger partial charge is 0.381 e. The van der Waals surface area contributed by atoms with E-state index in [1.807, 2.05) is 24.3 Å². The first-order valence-corrected chi connectivity index (χ1v) is 7.47. The number of benzene rings is 1. The van der Waals surface area contributed by atoms with Crippen LogP contribution in [0.4, 0.5) is 0 Å². The molecule has 4 rings (SSSR count). The summed E-state index contributed by atoms with van der Waals surface area (Å²) in [5.41, 5.74) is 1.58. The Morgan fingerprint density at radius 2 is 1.86 bits per heavy atom. The topological polar surface area (TPSA) is 58.6 Å². The Balaban J connectivity index is 1.70. The van der Waals surface area contributed by atoms with Crippen molar-refractivity contribution in [2.75, 3.05) is 13.2 Å². The van der Waals surface area contributed by atoms with Gasteiger partial charge in [-0.25, -0.2) is 0 Å². The van der Waals surface area contributed by atoms with Gasteiger partial charge >= 0.3 is 0 Å². The van der Waals surface area contributed by atoms with E-state index in [2.05, 4.69) is 5.32 Å². The number of piperazine rings is 1. The van der Waals surface area contributed by atoms with Crippen LogP contribution >= 0.6 is 0 Å². The summed E-state index contributed by atoms with van der Waals surface area (Å²) in [5.74, 6) is 0.0379. The monoisotopic (exact) mass is 286 g/mol. The van der Waals surface area contributed by atoms with Crippen molar-refractivity contribution in [3.05, 3.63) is 35.4 Å². The van der Waals surface area contributed by atoms with Gasteiger partial charge in [0.05, 0.1) is 0 Å². The quantitative estimate of drug-likeness (QED) is 0.760. The minimum atomic E-state index is -0.738. The Hall–Kier alpha value is -1.88. The summed E-state index contributed by atoms with van der Waals surface area (Å²) in [6, 6.07) is 7.70. The number of nitrogens with one attached hydrogen (secondary N) is 1. The van der Waals surface area contributed by atoms with E-state index in [1.165, 1.54) is 5.56 Å². The number of amides is 2. The molecule has 21 heavy (non-hydrogen) atoms. The molecular weight excluding hydrogens is 268 g/mol. The highest BCUT2D eigenvalue weighted by Crippen LogP contribution is 2.33. The molecule has 1 atom stereocenters. The molecule has 0 bridgehead atoms. The molecule has 1 aromatic rings. The molecule has 1 spiro atoms. The lowest BCUT2D eigenvalue weighted by molar-refractivity contribution is -0.160. The first-order valence-electron chi connectivity index (χ1n) is 7.47. The fraction of sp³-hybridized carbons (Fsp3) is 0.500. The summed E-state index contributed by atoms with van der Waals surface area (Å²) in [6.45, 7) is 1.60. The third kappa shape index (κ3) is 1.87.